The Hall–Kier alpha value is -4.40. The average Bonchev–Trinajstić information content (AvgIpc) is 3.35. The van der Waals surface area contributed by atoms with Gasteiger partial charge in [-0.05, 0) is 67.8 Å². The second kappa shape index (κ2) is 12.0. The first-order chi connectivity index (χ1) is 18.7. The van der Waals surface area contributed by atoms with Gasteiger partial charge in [0.05, 0.1) is 19.7 Å². The lowest BCUT2D eigenvalue weighted by Gasteiger charge is -2.35. The van der Waals surface area contributed by atoms with Crippen LogP contribution in [0.5, 0.6) is 11.5 Å². The zero-order chi connectivity index (χ0) is 28.0. The van der Waals surface area contributed by atoms with Crippen molar-refractivity contribution in [3.63, 3.8) is 0 Å². The van der Waals surface area contributed by atoms with E-state index >= 15 is 0 Å². The SMILES string of the molecule is CCC(C)(C)NC(=O)C(c1cccc(OC)c1)N(Cc1ccc(OC)cc1)C(=O)Cn1nnc2ccccc21. The van der Waals surface area contributed by atoms with E-state index in [0.29, 0.717) is 22.6 Å². The second-order valence-electron chi connectivity index (χ2n) is 10.0. The molecular formula is C30H35N5O4. The van der Waals surface area contributed by atoms with E-state index in [1.807, 2.05) is 87.5 Å². The van der Waals surface area contributed by atoms with Crippen LogP contribution in [0, 0.1) is 0 Å². The van der Waals surface area contributed by atoms with Crippen molar-refractivity contribution in [3.05, 3.63) is 83.9 Å². The monoisotopic (exact) mass is 529 g/mol. The summed E-state index contributed by atoms with van der Waals surface area (Å²) in [6.45, 7) is 6.05. The highest BCUT2D eigenvalue weighted by atomic mass is 16.5. The first-order valence-corrected chi connectivity index (χ1v) is 12.9. The van der Waals surface area contributed by atoms with E-state index in [9.17, 15) is 9.59 Å². The van der Waals surface area contributed by atoms with Gasteiger partial charge in [0.2, 0.25) is 11.8 Å². The molecule has 4 rings (SSSR count). The molecule has 0 aliphatic carbocycles. The van der Waals surface area contributed by atoms with Crippen LogP contribution in [-0.2, 0) is 22.7 Å². The van der Waals surface area contributed by atoms with Crippen LogP contribution in [0.15, 0.2) is 72.8 Å². The highest BCUT2D eigenvalue weighted by Gasteiger charge is 2.34. The quantitative estimate of drug-likeness (QED) is 0.307. The minimum Gasteiger partial charge on any atom is -0.497 e. The van der Waals surface area contributed by atoms with Gasteiger partial charge >= 0.3 is 0 Å². The zero-order valence-electron chi connectivity index (χ0n) is 23.0. The van der Waals surface area contributed by atoms with E-state index in [2.05, 4.69) is 15.6 Å². The Balaban J connectivity index is 1.78. The van der Waals surface area contributed by atoms with Gasteiger partial charge in [-0.15, -0.1) is 5.10 Å². The van der Waals surface area contributed by atoms with E-state index in [1.54, 1.807) is 29.9 Å². The summed E-state index contributed by atoms with van der Waals surface area (Å²) in [4.78, 5) is 29.7. The number of para-hydroxylation sites is 1. The van der Waals surface area contributed by atoms with Crippen molar-refractivity contribution in [3.8, 4) is 11.5 Å². The van der Waals surface area contributed by atoms with E-state index in [-0.39, 0.29) is 24.9 Å². The summed E-state index contributed by atoms with van der Waals surface area (Å²) in [5.41, 5.74) is 2.46. The van der Waals surface area contributed by atoms with Crippen LogP contribution in [0.2, 0.25) is 0 Å². The van der Waals surface area contributed by atoms with Crippen molar-refractivity contribution in [2.24, 2.45) is 0 Å². The standard InChI is InChI=1S/C30H35N5O4/c1-6-30(2,3)31-29(37)28(22-10-9-11-24(18-22)39-5)34(19-21-14-16-23(38-4)17-15-21)27(36)20-35-26-13-8-7-12-25(26)32-33-35/h7-18,28H,6,19-20H2,1-5H3,(H,31,37). The van der Waals surface area contributed by atoms with E-state index in [4.69, 9.17) is 9.47 Å². The fraction of sp³-hybridized carbons (Fsp3) is 0.333. The number of hydrogen-bond donors (Lipinski definition) is 1. The summed E-state index contributed by atoms with van der Waals surface area (Å²) in [5, 5.41) is 11.5. The van der Waals surface area contributed by atoms with Crippen LogP contribution in [0.3, 0.4) is 0 Å². The minimum absolute atomic E-state index is 0.0818. The number of nitrogens with zero attached hydrogens (tertiary/aromatic N) is 4. The number of benzene rings is 3. The maximum atomic E-state index is 14.1. The molecule has 0 aliphatic rings. The summed E-state index contributed by atoms with van der Waals surface area (Å²) in [6, 6.07) is 21.3. The Morgan fingerprint density at radius 2 is 1.69 bits per heavy atom. The fourth-order valence-corrected chi connectivity index (χ4v) is 4.28. The molecule has 3 aromatic carbocycles. The topological polar surface area (TPSA) is 98.6 Å². The van der Waals surface area contributed by atoms with Crippen molar-refractivity contribution in [1.82, 2.24) is 25.2 Å². The summed E-state index contributed by atoms with van der Waals surface area (Å²) in [6.07, 6.45) is 0.723. The number of ether oxygens (including phenoxy) is 2. The third-order valence-corrected chi connectivity index (χ3v) is 6.85. The first kappa shape index (κ1) is 27.6. The summed E-state index contributed by atoms with van der Waals surface area (Å²) < 4.78 is 12.3. The van der Waals surface area contributed by atoms with Crippen molar-refractivity contribution < 1.29 is 19.1 Å². The van der Waals surface area contributed by atoms with Gasteiger partial charge < -0.3 is 19.7 Å². The van der Waals surface area contributed by atoms with Crippen molar-refractivity contribution in [2.75, 3.05) is 14.2 Å². The van der Waals surface area contributed by atoms with Gasteiger partial charge in [-0.2, -0.15) is 0 Å². The minimum atomic E-state index is -0.921. The van der Waals surface area contributed by atoms with Gasteiger partial charge in [-0.3, -0.25) is 9.59 Å². The van der Waals surface area contributed by atoms with E-state index in [0.717, 1.165) is 17.5 Å². The fourth-order valence-electron chi connectivity index (χ4n) is 4.28. The van der Waals surface area contributed by atoms with Crippen molar-refractivity contribution in [2.45, 2.75) is 51.9 Å². The molecule has 1 atom stereocenters. The largest absolute Gasteiger partial charge is 0.497 e. The van der Waals surface area contributed by atoms with Gasteiger partial charge in [-0.25, -0.2) is 4.68 Å². The number of carbonyl (C=O) groups is 2. The zero-order valence-corrected chi connectivity index (χ0v) is 23.0. The molecular weight excluding hydrogens is 494 g/mol. The Morgan fingerprint density at radius 3 is 2.38 bits per heavy atom. The number of aromatic nitrogens is 3. The maximum absolute atomic E-state index is 14.1. The number of fused-ring (bicyclic) bond motifs is 1. The molecule has 0 spiro atoms. The number of carbonyl (C=O) groups excluding carboxylic acids is 2. The molecule has 9 heteroatoms. The molecule has 0 aliphatic heterocycles. The van der Waals surface area contributed by atoms with E-state index in [1.165, 1.54) is 0 Å². The lowest BCUT2D eigenvalue weighted by atomic mass is 9.98. The molecule has 9 nitrogen and oxygen atoms in total. The predicted octanol–water partition coefficient (Wildman–Crippen LogP) is 4.52. The maximum Gasteiger partial charge on any atom is 0.247 e. The molecule has 0 radical (unpaired) electrons. The predicted molar refractivity (Wildman–Crippen MR) is 149 cm³/mol. The summed E-state index contributed by atoms with van der Waals surface area (Å²) in [7, 11) is 3.18. The lowest BCUT2D eigenvalue weighted by molar-refractivity contribution is -0.143. The molecule has 0 bridgehead atoms. The van der Waals surface area contributed by atoms with Crippen LogP contribution in [0.1, 0.15) is 44.4 Å². The van der Waals surface area contributed by atoms with Crippen LogP contribution in [-0.4, -0.2) is 51.5 Å². The van der Waals surface area contributed by atoms with Crippen LogP contribution < -0.4 is 14.8 Å². The molecule has 39 heavy (non-hydrogen) atoms. The van der Waals surface area contributed by atoms with Crippen LogP contribution in [0.25, 0.3) is 11.0 Å². The summed E-state index contributed by atoms with van der Waals surface area (Å²) in [5.74, 6) is 0.746. The Morgan fingerprint density at radius 1 is 0.974 bits per heavy atom. The third kappa shape index (κ3) is 6.54. The number of hydrogen-bond acceptors (Lipinski definition) is 6. The number of amides is 2. The van der Waals surface area contributed by atoms with Crippen LogP contribution >= 0.6 is 0 Å². The molecule has 204 valence electrons. The number of methoxy groups -OCH3 is 2. The molecule has 1 aromatic heterocycles. The Bertz CT molecular complexity index is 1430. The van der Waals surface area contributed by atoms with Gasteiger partial charge in [-0.1, -0.05) is 48.5 Å². The molecule has 0 fully saturated rings. The summed E-state index contributed by atoms with van der Waals surface area (Å²) >= 11 is 0. The van der Waals surface area contributed by atoms with Crippen molar-refractivity contribution in [1.29, 1.82) is 0 Å². The second-order valence-corrected chi connectivity index (χ2v) is 10.0. The van der Waals surface area contributed by atoms with Gasteiger partial charge in [0.25, 0.3) is 0 Å². The van der Waals surface area contributed by atoms with Gasteiger partial charge in [0.1, 0.15) is 29.6 Å². The third-order valence-electron chi connectivity index (χ3n) is 6.85. The van der Waals surface area contributed by atoms with E-state index < -0.39 is 11.6 Å². The van der Waals surface area contributed by atoms with Crippen molar-refractivity contribution >= 4 is 22.8 Å². The average molecular weight is 530 g/mol. The number of rotatable bonds is 11. The smallest absolute Gasteiger partial charge is 0.247 e. The number of nitrogens with one attached hydrogen (secondary N) is 1. The highest BCUT2D eigenvalue weighted by molar-refractivity contribution is 5.89. The lowest BCUT2D eigenvalue weighted by Crippen LogP contribution is -2.50. The molecule has 0 saturated carbocycles. The molecule has 1 unspecified atom stereocenters. The first-order valence-electron chi connectivity index (χ1n) is 12.9. The molecule has 4 aromatic rings. The Labute approximate surface area is 228 Å². The van der Waals surface area contributed by atoms with Gasteiger partial charge in [0.15, 0.2) is 0 Å². The Kier molecular flexibility index (Phi) is 8.49. The van der Waals surface area contributed by atoms with Gasteiger partial charge in [0, 0.05) is 12.1 Å². The molecule has 1 N–H and O–H groups in total. The molecule has 2 amide bonds. The van der Waals surface area contributed by atoms with Crippen LogP contribution in [0.4, 0.5) is 0 Å². The highest BCUT2D eigenvalue weighted by Crippen LogP contribution is 2.29. The normalized spacial score (nSPS) is 12.1. The molecule has 1 heterocycles. The molecule has 0 saturated heterocycles.